The number of amides is 1. The molecule has 0 spiro atoms. The largest absolute Gasteiger partial charge is 0.495 e. The summed E-state index contributed by atoms with van der Waals surface area (Å²) in [7, 11) is 1.54. The number of hydrogen-bond donors (Lipinski definition) is 1. The average molecular weight is 278 g/mol. The number of benzene rings is 1. The van der Waals surface area contributed by atoms with E-state index >= 15 is 0 Å². The van der Waals surface area contributed by atoms with Gasteiger partial charge in [0.15, 0.2) is 0 Å². The van der Waals surface area contributed by atoms with Crippen LogP contribution in [0.2, 0.25) is 0 Å². The Kier molecular flexibility index (Phi) is 3.90. The molecular formula is C15H22N2O3. The molecule has 1 atom stereocenters. The molecule has 1 aromatic carbocycles. The number of hydrogen-bond acceptors (Lipinski definition) is 4. The SMILES string of the molecule is COc1cccc(C(=O)N2CC(C)OC(C)(C)C2)c1N. The van der Waals surface area contributed by atoms with Crippen molar-refractivity contribution < 1.29 is 14.3 Å². The van der Waals surface area contributed by atoms with Gasteiger partial charge in [-0.15, -0.1) is 0 Å². The molecule has 1 saturated heterocycles. The molecule has 1 unspecified atom stereocenters. The van der Waals surface area contributed by atoms with Crippen molar-refractivity contribution in [3.63, 3.8) is 0 Å². The van der Waals surface area contributed by atoms with Crippen LogP contribution < -0.4 is 10.5 Å². The average Bonchev–Trinajstić information content (AvgIpc) is 2.36. The molecule has 1 amide bonds. The molecule has 1 aliphatic heterocycles. The predicted molar refractivity (Wildman–Crippen MR) is 77.9 cm³/mol. The number of nitrogen functional groups attached to an aromatic ring is 1. The first-order chi connectivity index (χ1) is 9.34. The van der Waals surface area contributed by atoms with Crippen LogP contribution in [0.1, 0.15) is 31.1 Å². The molecule has 5 nitrogen and oxygen atoms in total. The fourth-order valence-corrected chi connectivity index (χ4v) is 2.69. The highest BCUT2D eigenvalue weighted by molar-refractivity contribution is 6.00. The van der Waals surface area contributed by atoms with Gasteiger partial charge in [-0.25, -0.2) is 0 Å². The summed E-state index contributed by atoms with van der Waals surface area (Å²) < 4.78 is 11.0. The number of carbonyl (C=O) groups excluding carboxylic acids is 1. The predicted octanol–water partition coefficient (Wildman–Crippen LogP) is 1.92. The number of nitrogens with zero attached hydrogens (tertiary/aromatic N) is 1. The molecule has 20 heavy (non-hydrogen) atoms. The third-order valence-electron chi connectivity index (χ3n) is 3.37. The molecular weight excluding hydrogens is 256 g/mol. The Hall–Kier alpha value is -1.75. The molecule has 0 bridgehead atoms. The van der Waals surface area contributed by atoms with Crippen molar-refractivity contribution in [3.8, 4) is 5.75 Å². The van der Waals surface area contributed by atoms with Gasteiger partial charge in [-0.2, -0.15) is 0 Å². The van der Waals surface area contributed by atoms with Crippen molar-refractivity contribution in [2.45, 2.75) is 32.5 Å². The van der Waals surface area contributed by atoms with E-state index in [0.29, 0.717) is 30.1 Å². The van der Waals surface area contributed by atoms with Crippen molar-refractivity contribution >= 4 is 11.6 Å². The molecule has 0 radical (unpaired) electrons. The Labute approximate surface area is 119 Å². The minimum Gasteiger partial charge on any atom is -0.495 e. The number of rotatable bonds is 2. The van der Waals surface area contributed by atoms with E-state index in [1.54, 1.807) is 30.2 Å². The quantitative estimate of drug-likeness (QED) is 0.839. The first-order valence-corrected chi connectivity index (χ1v) is 6.73. The summed E-state index contributed by atoms with van der Waals surface area (Å²) in [6, 6.07) is 5.25. The van der Waals surface area contributed by atoms with Crippen molar-refractivity contribution in [2.75, 3.05) is 25.9 Å². The highest BCUT2D eigenvalue weighted by Crippen LogP contribution is 2.28. The lowest BCUT2D eigenvalue weighted by atomic mass is 10.0. The van der Waals surface area contributed by atoms with Crippen LogP contribution in [0, 0.1) is 0 Å². The van der Waals surface area contributed by atoms with Crippen LogP contribution in [0.3, 0.4) is 0 Å². The van der Waals surface area contributed by atoms with Gasteiger partial charge in [0.25, 0.3) is 5.91 Å². The Bertz CT molecular complexity index is 514. The van der Waals surface area contributed by atoms with Crippen molar-refractivity contribution in [2.24, 2.45) is 0 Å². The maximum atomic E-state index is 12.7. The van der Waals surface area contributed by atoms with Gasteiger partial charge in [0.1, 0.15) is 5.75 Å². The van der Waals surface area contributed by atoms with Crippen molar-refractivity contribution in [1.29, 1.82) is 0 Å². The molecule has 5 heteroatoms. The van der Waals surface area contributed by atoms with Gasteiger partial charge >= 0.3 is 0 Å². The molecule has 0 aliphatic carbocycles. The van der Waals surface area contributed by atoms with Gasteiger partial charge in [0.2, 0.25) is 0 Å². The number of carbonyl (C=O) groups is 1. The first-order valence-electron chi connectivity index (χ1n) is 6.73. The maximum absolute atomic E-state index is 12.7. The topological polar surface area (TPSA) is 64.8 Å². The number of nitrogens with two attached hydrogens (primary N) is 1. The number of ether oxygens (including phenoxy) is 2. The summed E-state index contributed by atoms with van der Waals surface area (Å²) in [6.45, 7) is 7.05. The van der Waals surface area contributed by atoms with E-state index < -0.39 is 0 Å². The third kappa shape index (κ3) is 2.88. The molecule has 0 aromatic heterocycles. The first kappa shape index (κ1) is 14.7. The summed E-state index contributed by atoms with van der Waals surface area (Å²) in [5, 5.41) is 0. The Morgan fingerprint density at radius 2 is 2.20 bits per heavy atom. The zero-order valence-electron chi connectivity index (χ0n) is 12.5. The number of anilines is 1. The van der Waals surface area contributed by atoms with Crippen LogP contribution in [0.5, 0.6) is 5.75 Å². The van der Waals surface area contributed by atoms with Crippen LogP contribution in [0.25, 0.3) is 0 Å². The Morgan fingerprint density at radius 1 is 1.50 bits per heavy atom. The van der Waals surface area contributed by atoms with Crippen molar-refractivity contribution in [3.05, 3.63) is 23.8 Å². The van der Waals surface area contributed by atoms with Gasteiger partial charge in [0, 0.05) is 13.1 Å². The fraction of sp³-hybridized carbons (Fsp3) is 0.533. The highest BCUT2D eigenvalue weighted by Gasteiger charge is 2.34. The van der Waals surface area contributed by atoms with Crippen LogP contribution in [0.4, 0.5) is 5.69 Å². The van der Waals surface area contributed by atoms with E-state index in [1.807, 2.05) is 20.8 Å². The molecule has 2 N–H and O–H groups in total. The summed E-state index contributed by atoms with van der Waals surface area (Å²) in [5.41, 5.74) is 6.52. The smallest absolute Gasteiger partial charge is 0.256 e. The van der Waals surface area contributed by atoms with Gasteiger partial charge in [-0.3, -0.25) is 4.79 Å². The molecule has 2 rings (SSSR count). The molecule has 110 valence electrons. The van der Waals surface area contributed by atoms with Crippen LogP contribution in [0.15, 0.2) is 18.2 Å². The van der Waals surface area contributed by atoms with Crippen LogP contribution in [-0.2, 0) is 4.74 Å². The number of methoxy groups -OCH3 is 1. The number of morpholine rings is 1. The van der Waals surface area contributed by atoms with E-state index in [0.717, 1.165) is 0 Å². The van der Waals surface area contributed by atoms with E-state index in [2.05, 4.69) is 0 Å². The van der Waals surface area contributed by atoms with Crippen LogP contribution in [-0.4, -0.2) is 42.7 Å². The molecule has 1 fully saturated rings. The standard InChI is InChI=1S/C15H22N2O3/c1-10-8-17(9-15(2,3)20-10)14(18)11-6-5-7-12(19-4)13(11)16/h5-7,10H,8-9,16H2,1-4H3. The van der Waals surface area contributed by atoms with Gasteiger partial charge in [-0.1, -0.05) is 6.07 Å². The van der Waals surface area contributed by atoms with Gasteiger partial charge in [-0.05, 0) is 32.9 Å². The second-order valence-electron chi connectivity index (χ2n) is 5.80. The summed E-state index contributed by atoms with van der Waals surface area (Å²) in [4.78, 5) is 14.4. The molecule has 1 heterocycles. The van der Waals surface area contributed by atoms with Gasteiger partial charge < -0.3 is 20.1 Å². The van der Waals surface area contributed by atoms with E-state index in [1.165, 1.54) is 0 Å². The second kappa shape index (κ2) is 5.32. The molecule has 1 aromatic rings. The number of para-hydroxylation sites is 1. The van der Waals surface area contributed by atoms with Crippen molar-refractivity contribution in [1.82, 2.24) is 4.90 Å². The maximum Gasteiger partial charge on any atom is 0.256 e. The highest BCUT2D eigenvalue weighted by atomic mass is 16.5. The lowest BCUT2D eigenvalue weighted by Gasteiger charge is -2.41. The Balaban J connectivity index is 2.27. The second-order valence-corrected chi connectivity index (χ2v) is 5.80. The van der Waals surface area contributed by atoms with E-state index in [-0.39, 0.29) is 17.6 Å². The monoisotopic (exact) mass is 278 g/mol. The van der Waals surface area contributed by atoms with Crippen LogP contribution >= 0.6 is 0 Å². The lowest BCUT2D eigenvalue weighted by molar-refractivity contribution is -0.118. The lowest BCUT2D eigenvalue weighted by Crippen LogP contribution is -2.53. The minimum atomic E-state index is -0.346. The van der Waals surface area contributed by atoms with E-state index in [9.17, 15) is 4.79 Å². The minimum absolute atomic E-state index is 0.00883. The normalized spacial score (nSPS) is 21.6. The third-order valence-corrected chi connectivity index (χ3v) is 3.37. The fourth-order valence-electron chi connectivity index (χ4n) is 2.69. The summed E-state index contributed by atoms with van der Waals surface area (Å²) in [6.07, 6.45) is 0.00883. The zero-order valence-corrected chi connectivity index (χ0v) is 12.5. The summed E-state index contributed by atoms with van der Waals surface area (Å²) >= 11 is 0. The molecule has 1 aliphatic rings. The molecule has 0 saturated carbocycles. The Morgan fingerprint density at radius 3 is 2.80 bits per heavy atom. The summed E-state index contributed by atoms with van der Waals surface area (Å²) in [5.74, 6) is 0.445. The van der Waals surface area contributed by atoms with Gasteiger partial charge in [0.05, 0.1) is 30.1 Å². The van der Waals surface area contributed by atoms with E-state index in [4.69, 9.17) is 15.2 Å². The zero-order chi connectivity index (χ0) is 14.9.